The summed E-state index contributed by atoms with van der Waals surface area (Å²) in [5.41, 5.74) is 3.16. The summed E-state index contributed by atoms with van der Waals surface area (Å²) in [6.07, 6.45) is 3.35. The van der Waals surface area contributed by atoms with Crippen LogP contribution in [0.25, 0.3) is 11.1 Å². The number of piperidine rings is 1. The van der Waals surface area contributed by atoms with Crippen molar-refractivity contribution in [1.82, 2.24) is 9.47 Å². The quantitative estimate of drug-likeness (QED) is 0.729. The zero-order valence-electron chi connectivity index (χ0n) is 16.8. The summed E-state index contributed by atoms with van der Waals surface area (Å²) in [6.45, 7) is 4.73. The highest BCUT2D eigenvalue weighted by Gasteiger charge is 2.34. The lowest BCUT2D eigenvalue weighted by Crippen LogP contribution is -2.47. The van der Waals surface area contributed by atoms with Crippen LogP contribution < -0.4 is 5.56 Å². The molecule has 0 unspecified atom stereocenters. The van der Waals surface area contributed by atoms with Crippen LogP contribution in [0.3, 0.4) is 0 Å². The average Bonchev–Trinajstić information content (AvgIpc) is 2.72. The molecule has 0 spiro atoms. The van der Waals surface area contributed by atoms with Crippen LogP contribution in [0.15, 0.2) is 41.2 Å². The zero-order chi connectivity index (χ0) is 20.4. The van der Waals surface area contributed by atoms with Gasteiger partial charge in [-0.15, -0.1) is 0 Å². The Bertz CT molecular complexity index is 935. The molecule has 29 heavy (non-hydrogen) atoms. The molecule has 1 aromatic heterocycles. The lowest BCUT2D eigenvalue weighted by molar-refractivity contribution is 0.0697. The Labute approximate surface area is 170 Å². The van der Waals surface area contributed by atoms with Crippen LogP contribution >= 0.6 is 0 Å². The van der Waals surface area contributed by atoms with E-state index in [0.29, 0.717) is 11.8 Å². The molecule has 2 atom stereocenters. The van der Waals surface area contributed by atoms with Gasteiger partial charge in [-0.3, -0.25) is 4.79 Å². The Morgan fingerprint density at radius 3 is 2.62 bits per heavy atom. The molecule has 1 saturated heterocycles. The second kappa shape index (κ2) is 8.51. The third-order valence-corrected chi connectivity index (χ3v) is 6.17. The van der Waals surface area contributed by atoms with Crippen LogP contribution in [0.4, 0.5) is 0 Å². The van der Waals surface area contributed by atoms with E-state index < -0.39 is 5.97 Å². The van der Waals surface area contributed by atoms with Gasteiger partial charge in [-0.25, -0.2) is 4.79 Å². The Hall–Kier alpha value is -2.44. The fourth-order valence-corrected chi connectivity index (χ4v) is 4.79. The van der Waals surface area contributed by atoms with Crippen molar-refractivity contribution in [3.8, 4) is 11.1 Å². The van der Waals surface area contributed by atoms with E-state index in [9.17, 15) is 9.59 Å². The van der Waals surface area contributed by atoms with E-state index in [1.807, 2.05) is 4.57 Å². The third kappa shape index (κ3) is 4.28. The van der Waals surface area contributed by atoms with Crippen molar-refractivity contribution in [3.63, 3.8) is 0 Å². The van der Waals surface area contributed by atoms with Crippen molar-refractivity contribution in [3.05, 3.63) is 58.0 Å². The van der Waals surface area contributed by atoms with Gasteiger partial charge in [0.2, 0.25) is 0 Å². The smallest absolute Gasteiger partial charge is 0.335 e. The second-order valence-electron chi connectivity index (χ2n) is 8.26. The van der Waals surface area contributed by atoms with Crippen molar-refractivity contribution < 1.29 is 14.6 Å². The first-order valence-electron chi connectivity index (χ1n) is 10.3. The molecular formula is C23H28N2O4. The predicted octanol–water partition coefficient (Wildman–Crippen LogP) is 3.06. The summed E-state index contributed by atoms with van der Waals surface area (Å²) >= 11 is 0. The molecule has 0 aliphatic carbocycles. The lowest BCUT2D eigenvalue weighted by Gasteiger charge is -2.43. The maximum atomic E-state index is 12.8. The van der Waals surface area contributed by atoms with E-state index >= 15 is 0 Å². The van der Waals surface area contributed by atoms with Gasteiger partial charge in [0.25, 0.3) is 5.56 Å². The van der Waals surface area contributed by atoms with Crippen molar-refractivity contribution in [1.29, 1.82) is 0 Å². The summed E-state index contributed by atoms with van der Waals surface area (Å²) in [4.78, 5) is 26.5. The van der Waals surface area contributed by atoms with E-state index in [1.54, 1.807) is 37.4 Å². The second-order valence-corrected chi connectivity index (χ2v) is 8.26. The van der Waals surface area contributed by atoms with Gasteiger partial charge in [0, 0.05) is 51.0 Å². The number of nitrogens with zero attached hydrogens (tertiary/aromatic N) is 2. The Balaban J connectivity index is 1.56. The maximum Gasteiger partial charge on any atom is 0.335 e. The fraction of sp³-hybridized carbons (Fsp3) is 0.478. The minimum atomic E-state index is -0.944. The minimum Gasteiger partial charge on any atom is -0.478 e. The van der Waals surface area contributed by atoms with Gasteiger partial charge in [-0.05, 0) is 61.1 Å². The summed E-state index contributed by atoms with van der Waals surface area (Å²) in [5, 5.41) is 9.10. The molecule has 6 nitrogen and oxygen atoms in total. The first-order chi connectivity index (χ1) is 14.0. The summed E-state index contributed by atoms with van der Waals surface area (Å²) < 4.78 is 7.11. The number of fused-ring (bicyclic) bond motifs is 4. The van der Waals surface area contributed by atoms with E-state index in [2.05, 4.69) is 11.0 Å². The number of pyridine rings is 1. The normalized spacial score (nSPS) is 21.0. The molecule has 1 fully saturated rings. The number of aromatic nitrogens is 1. The molecule has 0 saturated carbocycles. The van der Waals surface area contributed by atoms with Crippen LogP contribution in [0.1, 0.15) is 41.2 Å². The van der Waals surface area contributed by atoms with E-state index in [1.165, 1.54) is 0 Å². The standard InChI is InChI=1S/C23H28N2O4/c1-29-9-3-2-8-24-13-16-10-20(15-24)21-11-19(12-22(26)25(21)14-16)17-4-6-18(7-5-17)23(27)28/h4-7,11-12,16,20H,2-3,8-10,13-15H2,1H3,(H,27,28)/t16-,20+/m0/s1. The number of likely N-dealkylation sites (tertiary alicyclic amines) is 1. The van der Waals surface area contributed by atoms with E-state index in [-0.39, 0.29) is 11.1 Å². The molecule has 2 aromatic rings. The van der Waals surface area contributed by atoms with Gasteiger partial charge in [-0.1, -0.05) is 12.1 Å². The first kappa shape index (κ1) is 19.9. The number of hydrogen-bond donors (Lipinski definition) is 1. The van der Waals surface area contributed by atoms with Crippen molar-refractivity contribution in [2.75, 3.05) is 33.4 Å². The number of hydrogen-bond acceptors (Lipinski definition) is 4. The van der Waals surface area contributed by atoms with Gasteiger partial charge in [-0.2, -0.15) is 0 Å². The fourth-order valence-electron chi connectivity index (χ4n) is 4.79. The van der Waals surface area contributed by atoms with Gasteiger partial charge in [0.05, 0.1) is 5.56 Å². The largest absolute Gasteiger partial charge is 0.478 e. The molecule has 154 valence electrons. The Morgan fingerprint density at radius 1 is 1.10 bits per heavy atom. The molecule has 3 heterocycles. The van der Waals surface area contributed by atoms with Gasteiger partial charge in [0.15, 0.2) is 0 Å². The Kier molecular flexibility index (Phi) is 5.83. The molecule has 6 heteroatoms. The number of rotatable bonds is 7. The number of carboxylic acid groups (broad SMARTS) is 1. The minimum absolute atomic E-state index is 0.0445. The highest BCUT2D eigenvalue weighted by molar-refractivity contribution is 5.88. The molecule has 0 radical (unpaired) electrons. The van der Waals surface area contributed by atoms with E-state index in [0.717, 1.165) is 68.9 Å². The molecule has 2 aliphatic rings. The monoisotopic (exact) mass is 396 g/mol. The molecule has 2 bridgehead atoms. The number of unbranched alkanes of at least 4 members (excludes halogenated alkanes) is 1. The molecule has 4 rings (SSSR count). The van der Waals surface area contributed by atoms with Crippen LogP contribution in [-0.2, 0) is 11.3 Å². The summed E-state index contributed by atoms with van der Waals surface area (Å²) in [6, 6.07) is 10.6. The summed E-state index contributed by atoms with van der Waals surface area (Å²) in [5.74, 6) is -0.0427. The number of carbonyl (C=O) groups is 1. The van der Waals surface area contributed by atoms with Crippen LogP contribution in [0.2, 0.25) is 0 Å². The third-order valence-electron chi connectivity index (χ3n) is 6.17. The first-order valence-corrected chi connectivity index (χ1v) is 10.3. The predicted molar refractivity (Wildman–Crippen MR) is 111 cm³/mol. The Morgan fingerprint density at radius 2 is 1.90 bits per heavy atom. The van der Waals surface area contributed by atoms with Gasteiger partial charge < -0.3 is 19.3 Å². The topological polar surface area (TPSA) is 71.8 Å². The van der Waals surface area contributed by atoms with Crippen molar-refractivity contribution >= 4 is 5.97 Å². The van der Waals surface area contributed by atoms with Crippen LogP contribution in [-0.4, -0.2) is 53.9 Å². The van der Waals surface area contributed by atoms with Crippen molar-refractivity contribution in [2.24, 2.45) is 5.92 Å². The highest BCUT2D eigenvalue weighted by atomic mass is 16.5. The van der Waals surface area contributed by atoms with E-state index in [4.69, 9.17) is 9.84 Å². The molecular weight excluding hydrogens is 368 g/mol. The lowest BCUT2D eigenvalue weighted by atomic mass is 9.82. The number of methoxy groups -OCH3 is 1. The molecule has 1 aromatic carbocycles. The zero-order valence-corrected chi connectivity index (χ0v) is 16.8. The van der Waals surface area contributed by atoms with Crippen LogP contribution in [0, 0.1) is 5.92 Å². The van der Waals surface area contributed by atoms with Gasteiger partial charge in [0.1, 0.15) is 0 Å². The van der Waals surface area contributed by atoms with Crippen LogP contribution in [0.5, 0.6) is 0 Å². The SMILES string of the molecule is COCCCCN1C[C@@H]2C[C@H](C1)c1cc(-c3ccc(C(=O)O)cc3)cc(=O)n1C2. The number of ether oxygens (including phenoxy) is 1. The maximum absolute atomic E-state index is 12.8. The number of benzene rings is 1. The number of aromatic carboxylic acids is 1. The van der Waals surface area contributed by atoms with Gasteiger partial charge >= 0.3 is 5.97 Å². The average molecular weight is 396 g/mol. The number of carboxylic acids is 1. The molecule has 2 aliphatic heterocycles. The highest BCUT2D eigenvalue weighted by Crippen LogP contribution is 2.36. The molecule has 0 amide bonds. The molecule has 1 N–H and O–H groups in total. The van der Waals surface area contributed by atoms with Crippen molar-refractivity contribution in [2.45, 2.75) is 31.7 Å². The summed E-state index contributed by atoms with van der Waals surface area (Å²) in [7, 11) is 1.74.